The molecule has 0 amide bonds. The monoisotopic (exact) mass is 278 g/mol. The molecule has 2 unspecified atom stereocenters. The maximum Gasteiger partial charge on any atom is 0.127 e. The quantitative estimate of drug-likeness (QED) is 0.889. The van der Waals surface area contributed by atoms with Crippen molar-refractivity contribution in [1.29, 1.82) is 0 Å². The molecule has 2 aromatic rings. The zero-order valence-electron chi connectivity index (χ0n) is 10.7. The molecule has 1 nitrogen and oxygen atoms in total. The topological polar surface area (TPSA) is 20.2 Å². The molecule has 0 aliphatic carbocycles. The van der Waals surface area contributed by atoms with Gasteiger partial charge < -0.3 is 5.11 Å². The Morgan fingerprint density at radius 2 is 1.84 bits per heavy atom. The molecule has 0 aromatic heterocycles. The molecule has 0 aliphatic rings. The van der Waals surface area contributed by atoms with E-state index in [4.69, 9.17) is 11.6 Å². The molecule has 3 heteroatoms. The van der Waals surface area contributed by atoms with Crippen LogP contribution in [0.4, 0.5) is 4.39 Å². The summed E-state index contributed by atoms with van der Waals surface area (Å²) in [4.78, 5) is 0. The van der Waals surface area contributed by atoms with Crippen LogP contribution in [0, 0.1) is 5.82 Å². The van der Waals surface area contributed by atoms with Crippen LogP contribution < -0.4 is 0 Å². The lowest BCUT2D eigenvalue weighted by molar-refractivity contribution is 0.148. The summed E-state index contributed by atoms with van der Waals surface area (Å²) < 4.78 is 13.7. The molecule has 0 radical (unpaired) electrons. The highest BCUT2D eigenvalue weighted by Gasteiger charge is 2.18. The summed E-state index contributed by atoms with van der Waals surface area (Å²) in [5.41, 5.74) is 1.53. The molecule has 0 aliphatic heterocycles. The Morgan fingerprint density at radius 3 is 2.47 bits per heavy atom. The largest absolute Gasteiger partial charge is 0.392 e. The Morgan fingerprint density at radius 1 is 1.16 bits per heavy atom. The second kappa shape index (κ2) is 6.18. The molecule has 2 rings (SSSR count). The van der Waals surface area contributed by atoms with E-state index >= 15 is 0 Å². The van der Waals surface area contributed by atoms with Crippen molar-refractivity contribution < 1.29 is 9.50 Å². The molecule has 19 heavy (non-hydrogen) atoms. The Bertz CT molecular complexity index is 542. The molecule has 0 saturated heterocycles. The van der Waals surface area contributed by atoms with E-state index in [2.05, 4.69) is 0 Å². The van der Waals surface area contributed by atoms with Crippen LogP contribution in [0.5, 0.6) is 0 Å². The summed E-state index contributed by atoms with van der Waals surface area (Å²) in [6.07, 6.45) is -0.350. The van der Waals surface area contributed by atoms with E-state index in [0.717, 1.165) is 5.56 Å². The maximum atomic E-state index is 13.7. The number of halogens is 2. The first-order valence-electron chi connectivity index (χ1n) is 6.25. The van der Waals surface area contributed by atoms with E-state index in [9.17, 15) is 9.50 Å². The van der Waals surface area contributed by atoms with Gasteiger partial charge in [-0.15, -0.1) is 0 Å². The molecular weight excluding hydrogens is 263 g/mol. The Balaban J connectivity index is 2.10. The van der Waals surface area contributed by atoms with Gasteiger partial charge in [-0.2, -0.15) is 0 Å². The molecule has 1 N–H and O–H groups in total. The predicted octanol–water partition coefficient (Wildman–Crippen LogP) is 4.19. The summed E-state index contributed by atoms with van der Waals surface area (Å²) in [5.74, 6) is -0.414. The Hall–Kier alpha value is -1.38. The van der Waals surface area contributed by atoms with E-state index in [1.807, 2.05) is 37.3 Å². The maximum absolute atomic E-state index is 13.7. The molecule has 0 fully saturated rings. The molecule has 0 saturated carbocycles. The van der Waals surface area contributed by atoms with Crippen LogP contribution in [0.3, 0.4) is 0 Å². The molecular formula is C16H16ClFO. The van der Waals surface area contributed by atoms with Crippen molar-refractivity contribution in [1.82, 2.24) is 0 Å². The van der Waals surface area contributed by atoms with E-state index in [1.165, 1.54) is 6.07 Å². The number of benzene rings is 2. The smallest absolute Gasteiger partial charge is 0.127 e. The van der Waals surface area contributed by atoms with Gasteiger partial charge in [-0.05, 0) is 23.3 Å². The average molecular weight is 279 g/mol. The fraction of sp³-hybridized carbons (Fsp3) is 0.250. The van der Waals surface area contributed by atoms with Gasteiger partial charge in [0.2, 0.25) is 0 Å². The third-order valence-corrected chi connectivity index (χ3v) is 3.58. The molecule has 0 heterocycles. The summed E-state index contributed by atoms with van der Waals surface area (Å²) in [7, 11) is 0. The second-order valence-corrected chi connectivity index (χ2v) is 5.14. The lowest BCUT2D eigenvalue weighted by Gasteiger charge is -2.19. The highest BCUT2D eigenvalue weighted by molar-refractivity contribution is 6.30. The first-order chi connectivity index (χ1) is 9.08. The van der Waals surface area contributed by atoms with Gasteiger partial charge in [0.05, 0.1) is 6.10 Å². The summed E-state index contributed by atoms with van der Waals surface area (Å²) in [6.45, 7) is 1.94. The van der Waals surface area contributed by atoms with Crippen molar-refractivity contribution in [2.75, 3.05) is 0 Å². The van der Waals surface area contributed by atoms with Gasteiger partial charge in [-0.25, -0.2) is 4.39 Å². The number of rotatable bonds is 4. The van der Waals surface area contributed by atoms with Gasteiger partial charge in [0.25, 0.3) is 0 Å². The summed E-state index contributed by atoms with van der Waals surface area (Å²) in [6, 6.07) is 14.3. The third kappa shape index (κ3) is 3.55. The van der Waals surface area contributed by atoms with E-state index in [0.29, 0.717) is 10.6 Å². The first-order valence-corrected chi connectivity index (χ1v) is 6.62. The summed E-state index contributed by atoms with van der Waals surface area (Å²) in [5, 5.41) is 10.6. The molecule has 0 bridgehead atoms. The standard InChI is InChI=1S/C16H16ClFO/c1-11(12-5-3-2-4-6-12)16(19)9-13-7-8-14(17)10-15(13)18/h2-8,10-11,16,19H,9H2,1H3. The van der Waals surface area contributed by atoms with Crippen LogP contribution in [0.25, 0.3) is 0 Å². The van der Waals surface area contributed by atoms with Crippen molar-refractivity contribution in [3.63, 3.8) is 0 Å². The van der Waals surface area contributed by atoms with E-state index in [1.54, 1.807) is 12.1 Å². The van der Waals surface area contributed by atoms with E-state index in [-0.39, 0.29) is 18.2 Å². The van der Waals surface area contributed by atoms with Crippen molar-refractivity contribution in [2.45, 2.75) is 25.4 Å². The van der Waals surface area contributed by atoms with Crippen LogP contribution in [0.1, 0.15) is 24.0 Å². The van der Waals surface area contributed by atoms with Crippen molar-refractivity contribution >= 4 is 11.6 Å². The molecule has 0 spiro atoms. The van der Waals surface area contributed by atoms with Crippen LogP contribution in [0.15, 0.2) is 48.5 Å². The van der Waals surface area contributed by atoms with Gasteiger partial charge in [-0.1, -0.05) is 54.9 Å². The minimum Gasteiger partial charge on any atom is -0.392 e. The van der Waals surface area contributed by atoms with Gasteiger partial charge >= 0.3 is 0 Å². The number of hydrogen-bond acceptors (Lipinski definition) is 1. The number of aliphatic hydroxyl groups is 1. The second-order valence-electron chi connectivity index (χ2n) is 4.71. The number of hydrogen-bond donors (Lipinski definition) is 1. The van der Waals surface area contributed by atoms with Crippen molar-refractivity contribution in [3.8, 4) is 0 Å². The van der Waals surface area contributed by atoms with Gasteiger partial charge in [0.15, 0.2) is 0 Å². The fourth-order valence-electron chi connectivity index (χ4n) is 2.07. The fourth-order valence-corrected chi connectivity index (χ4v) is 2.23. The average Bonchev–Trinajstić information content (AvgIpc) is 2.42. The normalized spacial score (nSPS) is 14.1. The van der Waals surface area contributed by atoms with Crippen LogP contribution in [0.2, 0.25) is 5.02 Å². The zero-order chi connectivity index (χ0) is 13.8. The van der Waals surface area contributed by atoms with E-state index < -0.39 is 6.10 Å². The first kappa shape index (κ1) is 14.0. The lowest BCUT2D eigenvalue weighted by atomic mass is 9.91. The lowest BCUT2D eigenvalue weighted by Crippen LogP contribution is -2.19. The Labute approximate surface area is 117 Å². The predicted molar refractivity (Wildman–Crippen MR) is 76.0 cm³/mol. The highest BCUT2D eigenvalue weighted by Crippen LogP contribution is 2.23. The SMILES string of the molecule is CC(c1ccccc1)C(O)Cc1ccc(Cl)cc1F. The molecule has 100 valence electrons. The minimum atomic E-state index is -0.627. The molecule has 2 aromatic carbocycles. The van der Waals surface area contributed by atoms with Gasteiger partial charge in [-0.3, -0.25) is 0 Å². The highest BCUT2D eigenvalue weighted by atomic mass is 35.5. The third-order valence-electron chi connectivity index (χ3n) is 3.35. The van der Waals surface area contributed by atoms with Crippen molar-refractivity contribution in [2.24, 2.45) is 0 Å². The van der Waals surface area contributed by atoms with Gasteiger partial charge in [0, 0.05) is 17.4 Å². The zero-order valence-corrected chi connectivity index (χ0v) is 11.4. The minimum absolute atomic E-state index is 0.0451. The summed E-state index contributed by atoms with van der Waals surface area (Å²) >= 11 is 5.71. The van der Waals surface area contributed by atoms with Crippen LogP contribution in [-0.2, 0) is 6.42 Å². The van der Waals surface area contributed by atoms with Crippen LogP contribution in [-0.4, -0.2) is 11.2 Å². The van der Waals surface area contributed by atoms with Crippen LogP contribution >= 0.6 is 11.6 Å². The number of aliphatic hydroxyl groups excluding tert-OH is 1. The molecule has 2 atom stereocenters. The van der Waals surface area contributed by atoms with Crippen molar-refractivity contribution in [3.05, 3.63) is 70.5 Å². The Kier molecular flexibility index (Phi) is 4.56. The van der Waals surface area contributed by atoms with Gasteiger partial charge in [0.1, 0.15) is 5.82 Å².